The van der Waals surface area contributed by atoms with Crippen molar-refractivity contribution in [3.8, 4) is 0 Å². The van der Waals surface area contributed by atoms with Crippen LogP contribution < -0.4 is 0 Å². The zero-order valence-corrected chi connectivity index (χ0v) is 15.0. The van der Waals surface area contributed by atoms with Gasteiger partial charge in [0, 0.05) is 18.1 Å². The van der Waals surface area contributed by atoms with Crippen LogP contribution in [0.4, 0.5) is 0 Å². The molecule has 0 radical (unpaired) electrons. The monoisotopic (exact) mass is 331 g/mol. The Morgan fingerprint density at radius 2 is 2.13 bits per heavy atom. The van der Waals surface area contributed by atoms with E-state index in [0.29, 0.717) is 5.92 Å². The number of benzene rings is 1. The molecule has 1 aromatic rings. The maximum atomic E-state index is 6.54. The molecule has 3 rings (SSSR count). The minimum atomic E-state index is 0.223. The molecule has 0 aliphatic carbocycles. The summed E-state index contributed by atoms with van der Waals surface area (Å²) in [5, 5.41) is 0.847. The molecule has 0 bridgehead atoms. The van der Waals surface area contributed by atoms with Crippen LogP contribution in [-0.4, -0.2) is 30.7 Å². The van der Waals surface area contributed by atoms with Crippen molar-refractivity contribution in [2.45, 2.75) is 39.3 Å². The van der Waals surface area contributed by atoms with E-state index in [1.807, 2.05) is 12.1 Å². The smallest absolute Gasteiger partial charge is 0.0841 e. The Balaban J connectivity index is 2.02. The van der Waals surface area contributed by atoms with Crippen LogP contribution in [0.5, 0.6) is 0 Å². The van der Waals surface area contributed by atoms with E-state index in [2.05, 4.69) is 50.0 Å². The number of piperidine rings is 1. The van der Waals surface area contributed by atoms with Gasteiger partial charge in [0.05, 0.1) is 18.8 Å². The average molecular weight is 332 g/mol. The lowest BCUT2D eigenvalue weighted by atomic mass is 9.81. The number of hydrogen-bond donors (Lipinski definition) is 0. The van der Waals surface area contributed by atoms with Gasteiger partial charge in [0.1, 0.15) is 0 Å². The summed E-state index contributed by atoms with van der Waals surface area (Å²) < 4.78 is 6.11. The normalized spacial score (nSPS) is 28.0. The lowest BCUT2D eigenvalue weighted by Gasteiger charge is -2.46. The van der Waals surface area contributed by atoms with E-state index in [1.54, 1.807) is 0 Å². The molecular formula is C20H26ClNO. The highest BCUT2D eigenvalue weighted by Crippen LogP contribution is 2.43. The average Bonchev–Trinajstić information content (AvgIpc) is 2.54. The van der Waals surface area contributed by atoms with Crippen LogP contribution in [0.1, 0.15) is 38.8 Å². The van der Waals surface area contributed by atoms with Crippen molar-refractivity contribution in [3.63, 3.8) is 0 Å². The third kappa shape index (κ3) is 3.55. The molecule has 0 unspecified atom stereocenters. The Morgan fingerprint density at radius 3 is 2.87 bits per heavy atom. The highest BCUT2D eigenvalue weighted by Gasteiger charge is 2.40. The summed E-state index contributed by atoms with van der Waals surface area (Å²) in [6.45, 7) is 9.42. The van der Waals surface area contributed by atoms with E-state index in [4.69, 9.17) is 16.3 Å². The van der Waals surface area contributed by atoms with Crippen LogP contribution in [0, 0.1) is 5.92 Å². The molecule has 0 saturated carbocycles. The standard InChI is InChI=1S/C20H26ClNO/c1-14(2)10-11-22-13-15(3)20-17(8-6-12-23-20)19(22)16-7-4-5-9-18(16)21/h4-5,7-10,15,19-20H,6,11-13H2,1-3H3/t15-,19-,20+/m0/s1. The predicted molar refractivity (Wildman–Crippen MR) is 96.8 cm³/mol. The van der Waals surface area contributed by atoms with E-state index in [-0.39, 0.29) is 12.1 Å². The second-order valence-electron chi connectivity index (χ2n) is 6.92. The SMILES string of the molecule is CC(C)=CCN1C[C@H](C)[C@H]2OCCC=C2[C@@H]1c1ccccc1Cl. The second-order valence-corrected chi connectivity index (χ2v) is 7.33. The largest absolute Gasteiger partial charge is 0.373 e. The quantitative estimate of drug-likeness (QED) is 0.721. The minimum absolute atomic E-state index is 0.223. The third-order valence-electron chi connectivity index (χ3n) is 4.78. The van der Waals surface area contributed by atoms with Gasteiger partial charge in [0.25, 0.3) is 0 Å². The van der Waals surface area contributed by atoms with E-state index >= 15 is 0 Å². The molecule has 0 spiro atoms. The van der Waals surface area contributed by atoms with Crippen LogP contribution in [0.25, 0.3) is 0 Å². The lowest BCUT2D eigenvalue weighted by Crippen LogP contribution is -2.48. The molecule has 3 heteroatoms. The summed E-state index contributed by atoms with van der Waals surface area (Å²) in [7, 11) is 0. The van der Waals surface area contributed by atoms with Crippen molar-refractivity contribution in [2.24, 2.45) is 5.92 Å². The first-order chi connectivity index (χ1) is 11.1. The lowest BCUT2D eigenvalue weighted by molar-refractivity contribution is -0.0137. The van der Waals surface area contributed by atoms with Crippen molar-refractivity contribution < 1.29 is 4.74 Å². The number of halogens is 1. The number of likely N-dealkylation sites (tertiary alicyclic amines) is 1. The molecule has 3 atom stereocenters. The van der Waals surface area contributed by atoms with E-state index < -0.39 is 0 Å². The van der Waals surface area contributed by atoms with Crippen LogP contribution in [0.15, 0.2) is 47.6 Å². The van der Waals surface area contributed by atoms with Gasteiger partial charge in [0.2, 0.25) is 0 Å². The second kappa shape index (κ2) is 7.21. The molecule has 1 fully saturated rings. The van der Waals surface area contributed by atoms with Gasteiger partial charge in [0.15, 0.2) is 0 Å². The molecule has 2 aliphatic rings. The van der Waals surface area contributed by atoms with Gasteiger partial charge in [-0.1, -0.05) is 54.4 Å². The Bertz CT molecular complexity index is 618. The molecule has 2 nitrogen and oxygen atoms in total. The first kappa shape index (κ1) is 16.8. The molecule has 1 aromatic carbocycles. The van der Waals surface area contributed by atoms with E-state index in [0.717, 1.165) is 31.1 Å². The summed E-state index contributed by atoms with van der Waals surface area (Å²) in [6.07, 6.45) is 5.91. The molecular weight excluding hydrogens is 306 g/mol. The Morgan fingerprint density at radius 1 is 1.35 bits per heavy atom. The Hall–Kier alpha value is -1.09. The highest BCUT2D eigenvalue weighted by molar-refractivity contribution is 6.31. The summed E-state index contributed by atoms with van der Waals surface area (Å²) in [4.78, 5) is 2.54. The van der Waals surface area contributed by atoms with Crippen molar-refractivity contribution in [3.05, 3.63) is 58.1 Å². The number of rotatable bonds is 3. The van der Waals surface area contributed by atoms with Crippen LogP contribution in [-0.2, 0) is 4.74 Å². The van der Waals surface area contributed by atoms with E-state index in [1.165, 1.54) is 16.7 Å². The number of nitrogens with zero attached hydrogens (tertiary/aromatic N) is 1. The fourth-order valence-electron chi connectivity index (χ4n) is 3.73. The predicted octanol–water partition coefficient (Wildman–Crippen LogP) is 5.01. The number of fused-ring (bicyclic) bond motifs is 1. The summed E-state index contributed by atoms with van der Waals surface area (Å²) in [5.41, 5.74) is 3.95. The molecule has 0 N–H and O–H groups in total. The summed E-state index contributed by atoms with van der Waals surface area (Å²) in [6, 6.07) is 8.46. The Kier molecular flexibility index (Phi) is 5.25. The number of allylic oxidation sites excluding steroid dienone is 1. The summed E-state index contributed by atoms with van der Waals surface area (Å²) >= 11 is 6.54. The number of hydrogen-bond acceptors (Lipinski definition) is 2. The van der Waals surface area contributed by atoms with Crippen LogP contribution >= 0.6 is 11.6 Å². The maximum absolute atomic E-state index is 6.54. The van der Waals surface area contributed by atoms with Crippen LogP contribution in [0.3, 0.4) is 0 Å². The zero-order valence-electron chi connectivity index (χ0n) is 14.3. The first-order valence-electron chi connectivity index (χ1n) is 8.51. The van der Waals surface area contributed by atoms with E-state index in [9.17, 15) is 0 Å². The van der Waals surface area contributed by atoms with Crippen molar-refractivity contribution >= 4 is 11.6 Å². The molecule has 1 saturated heterocycles. The van der Waals surface area contributed by atoms with Crippen molar-refractivity contribution in [1.82, 2.24) is 4.90 Å². The molecule has 0 amide bonds. The fourth-order valence-corrected chi connectivity index (χ4v) is 3.97. The first-order valence-corrected chi connectivity index (χ1v) is 8.89. The van der Waals surface area contributed by atoms with Gasteiger partial charge in [-0.25, -0.2) is 0 Å². The third-order valence-corrected chi connectivity index (χ3v) is 5.12. The maximum Gasteiger partial charge on any atom is 0.0841 e. The molecule has 2 aliphatic heterocycles. The number of ether oxygens (including phenoxy) is 1. The molecule has 23 heavy (non-hydrogen) atoms. The zero-order chi connectivity index (χ0) is 16.4. The Labute approximate surface area is 144 Å². The summed E-state index contributed by atoms with van der Waals surface area (Å²) in [5.74, 6) is 0.505. The van der Waals surface area contributed by atoms with Gasteiger partial charge in [-0.05, 0) is 43.4 Å². The van der Waals surface area contributed by atoms with Crippen LogP contribution in [0.2, 0.25) is 5.02 Å². The van der Waals surface area contributed by atoms with Gasteiger partial charge >= 0.3 is 0 Å². The topological polar surface area (TPSA) is 12.5 Å². The van der Waals surface area contributed by atoms with Gasteiger partial charge in [-0.15, -0.1) is 0 Å². The minimum Gasteiger partial charge on any atom is -0.373 e. The van der Waals surface area contributed by atoms with Crippen molar-refractivity contribution in [2.75, 3.05) is 19.7 Å². The van der Waals surface area contributed by atoms with Crippen molar-refractivity contribution in [1.29, 1.82) is 0 Å². The van der Waals surface area contributed by atoms with Gasteiger partial charge in [-0.2, -0.15) is 0 Å². The molecule has 2 heterocycles. The van der Waals surface area contributed by atoms with Gasteiger partial charge < -0.3 is 4.74 Å². The highest BCUT2D eigenvalue weighted by atomic mass is 35.5. The molecule has 124 valence electrons. The fraction of sp³-hybridized carbons (Fsp3) is 0.500. The molecule has 0 aromatic heterocycles. The van der Waals surface area contributed by atoms with Gasteiger partial charge in [-0.3, -0.25) is 4.90 Å².